The van der Waals surface area contributed by atoms with Gasteiger partial charge < -0.3 is 14.6 Å². The van der Waals surface area contributed by atoms with E-state index in [0.29, 0.717) is 12.8 Å². The lowest BCUT2D eigenvalue weighted by Gasteiger charge is -2.12. The number of hydrogen-bond acceptors (Lipinski definition) is 5. The second-order valence-corrected chi connectivity index (χ2v) is 13.3. The van der Waals surface area contributed by atoms with Gasteiger partial charge in [-0.25, -0.2) is 0 Å². The minimum Gasteiger partial charge on any atom is -0.463 e. The van der Waals surface area contributed by atoms with Gasteiger partial charge in [0.15, 0.2) is 0 Å². The molecule has 0 fully saturated rings. The van der Waals surface area contributed by atoms with E-state index >= 15 is 0 Å². The molecule has 0 aromatic heterocycles. The lowest BCUT2D eigenvalue weighted by Crippen LogP contribution is -2.25. The second-order valence-electron chi connectivity index (χ2n) is 13.3. The van der Waals surface area contributed by atoms with Crippen molar-refractivity contribution in [2.75, 3.05) is 13.2 Å². The average Bonchev–Trinajstić information content (AvgIpc) is 3.01. The second kappa shape index (κ2) is 33.8. The number of rotatable bonds is 34. The molecule has 0 aliphatic carbocycles. The summed E-state index contributed by atoms with van der Waals surface area (Å²) in [6.07, 6.45) is 34.5. The summed E-state index contributed by atoms with van der Waals surface area (Å²) in [6.45, 7) is 6.63. The molecular weight excluding hydrogens is 536 g/mol. The summed E-state index contributed by atoms with van der Waals surface area (Å²) in [7, 11) is 0. The molecule has 0 aromatic carbocycles. The van der Waals surface area contributed by atoms with Crippen molar-refractivity contribution in [2.24, 2.45) is 5.92 Å². The maximum atomic E-state index is 11.9. The summed E-state index contributed by atoms with van der Waals surface area (Å²) in [6, 6.07) is 0. The van der Waals surface area contributed by atoms with Crippen LogP contribution in [0.1, 0.15) is 207 Å². The molecule has 1 N–H and O–H groups in total. The van der Waals surface area contributed by atoms with Gasteiger partial charge in [0, 0.05) is 12.8 Å². The quantitative estimate of drug-likeness (QED) is 0.0579. The lowest BCUT2D eigenvalue weighted by molar-refractivity contribution is -0.152. The van der Waals surface area contributed by atoms with Crippen LogP contribution in [0, 0.1) is 5.92 Å². The third-order valence-electron chi connectivity index (χ3n) is 8.88. The van der Waals surface area contributed by atoms with Crippen molar-refractivity contribution in [2.45, 2.75) is 213 Å². The van der Waals surface area contributed by atoms with Gasteiger partial charge in [-0.1, -0.05) is 181 Å². The molecule has 0 amide bonds. The zero-order valence-corrected chi connectivity index (χ0v) is 29.2. The van der Waals surface area contributed by atoms with E-state index in [1.807, 2.05) is 0 Å². The standard InChI is InChI=1S/C38H74O5/c1-4-6-7-8-9-10-11-12-13-14-15-16-17-18-19-20-21-25-28-31-37(40)42-33-36(39)34-43-38(41)32-29-26-23-22-24-27-30-35(3)5-2/h35-36,39H,4-34H2,1-3H3/t35?,36-/m0/s1. The fourth-order valence-corrected chi connectivity index (χ4v) is 5.59. The Kier molecular flexibility index (Phi) is 32.9. The van der Waals surface area contributed by atoms with Crippen LogP contribution in [0.25, 0.3) is 0 Å². The Labute approximate surface area is 268 Å². The number of esters is 2. The van der Waals surface area contributed by atoms with E-state index in [2.05, 4.69) is 20.8 Å². The highest BCUT2D eigenvalue weighted by atomic mass is 16.6. The van der Waals surface area contributed by atoms with Gasteiger partial charge in [0.1, 0.15) is 19.3 Å². The predicted molar refractivity (Wildman–Crippen MR) is 182 cm³/mol. The molecule has 2 atom stereocenters. The Hall–Kier alpha value is -1.10. The molecule has 0 aliphatic rings. The first kappa shape index (κ1) is 41.9. The van der Waals surface area contributed by atoms with E-state index < -0.39 is 6.10 Å². The first-order valence-corrected chi connectivity index (χ1v) is 19.0. The number of aliphatic hydroxyl groups excluding tert-OH is 1. The van der Waals surface area contributed by atoms with Crippen LogP contribution in [0.4, 0.5) is 0 Å². The number of carbonyl (C=O) groups is 2. The highest BCUT2D eigenvalue weighted by molar-refractivity contribution is 5.69. The number of ether oxygens (including phenoxy) is 2. The minimum atomic E-state index is -0.955. The summed E-state index contributed by atoms with van der Waals surface area (Å²) in [5, 5.41) is 9.98. The van der Waals surface area contributed by atoms with Crippen molar-refractivity contribution in [3.63, 3.8) is 0 Å². The lowest BCUT2D eigenvalue weighted by atomic mass is 10.00. The summed E-state index contributed by atoms with van der Waals surface area (Å²) in [4.78, 5) is 23.8. The number of unbranched alkanes of at least 4 members (excludes halogenated alkanes) is 23. The molecule has 0 rings (SSSR count). The zero-order valence-electron chi connectivity index (χ0n) is 29.2. The maximum absolute atomic E-state index is 11.9. The van der Waals surface area contributed by atoms with Gasteiger partial charge in [-0.2, -0.15) is 0 Å². The van der Waals surface area contributed by atoms with Crippen LogP contribution in [0.3, 0.4) is 0 Å². The first-order chi connectivity index (χ1) is 21.0. The fraction of sp³-hybridized carbons (Fsp3) is 0.947. The summed E-state index contributed by atoms with van der Waals surface area (Å²) >= 11 is 0. The Morgan fingerprint density at radius 3 is 1.12 bits per heavy atom. The Bertz CT molecular complexity index is 593. The van der Waals surface area contributed by atoms with Crippen LogP contribution in [0.5, 0.6) is 0 Å². The van der Waals surface area contributed by atoms with Gasteiger partial charge in [0.25, 0.3) is 0 Å². The normalized spacial score (nSPS) is 12.7. The van der Waals surface area contributed by atoms with Gasteiger partial charge in [-0.15, -0.1) is 0 Å². The minimum absolute atomic E-state index is 0.109. The van der Waals surface area contributed by atoms with Gasteiger partial charge in [0.2, 0.25) is 0 Å². The Morgan fingerprint density at radius 2 is 0.791 bits per heavy atom. The van der Waals surface area contributed by atoms with Gasteiger partial charge in [0.05, 0.1) is 0 Å². The Morgan fingerprint density at radius 1 is 0.488 bits per heavy atom. The van der Waals surface area contributed by atoms with Crippen LogP contribution in [-0.4, -0.2) is 36.4 Å². The predicted octanol–water partition coefficient (Wildman–Crippen LogP) is 11.4. The van der Waals surface area contributed by atoms with Gasteiger partial charge in [-0.3, -0.25) is 9.59 Å². The highest BCUT2D eigenvalue weighted by Gasteiger charge is 2.12. The van der Waals surface area contributed by atoms with E-state index in [-0.39, 0.29) is 25.2 Å². The molecule has 0 saturated carbocycles. The van der Waals surface area contributed by atoms with Crippen molar-refractivity contribution < 1.29 is 24.2 Å². The summed E-state index contributed by atoms with van der Waals surface area (Å²) in [5.74, 6) is 0.273. The molecule has 0 heterocycles. The van der Waals surface area contributed by atoms with Crippen LogP contribution in [0.2, 0.25) is 0 Å². The molecule has 0 aliphatic heterocycles. The molecule has 43 heavy (non-hydrogen) atoms. The van der Waals surface area contributed by atoms with Gasteiger partial charge in [-0.05, 0) is 18.8 Å². The van der Waals surface area contributed by atoms with Crippen molar-refractivity contribution >= 4 is 11.9 Å². The number of carbonyl (C=O) groups excluding carboxylic acids is 2. The topological polar surface area (TPSA) is 72.8 Å². The number of aliphatic hydroxyl groups is 1. The monoisotopic (exact) mass is 611 g/mol. The van der Waals surface area contributed by atoms with Crippen LogP contribution in [0.15, 0.2) is 0 Å². The SMILES string of the molecule is CCCCCCCCCCCCCCCCCCCCCC(=O)OC[C@H](O)COC(=O)CCCCCCCCC(C)CC. The molecule has 256 valence electrons. The molecule has 0 saturated heterocycles. The van der Waals surface area contributed by atoms with Crippen LogP contribution >= 0.6 is 0 Å². The molecule has 5 nitrogen and oxygen atoms in total. The van der Waals surface area contributed by atoms with Crippen molar-refractivity contribution in [1.82, 2.24) is 0 Å². The van der Waals surface area contributed by atoms with Crippen LogP contribution in [-0.2, 0) is 19.1 Å². The van der Waals surface area contributed by atoms with E-state index in [1.54, 1.807) is 0 Å². The summed E-state index contributed by atoms with van der Waals surface area (Å²) in [5.41, 5.74) is 0. The molecule has 0 aromatic rings. The molecule has 0 spiro atoms. The Balaban J connectivity index is 3.37. The molecular formula is C38H74O5. The molecule has 1 unspecified atom stereocenters. The molecule has 0 bridgehead atoms. The largest absolute Gasteiger partial charge is 0.463 e. The third kappa shape index (κ3) is 33.6. The zero-order chi connectivity index (χ0) is 31.6. The third-order valence-corrected chi connectivity index (χ3v) is 8.88. The number of hydrogen-bond donors (Lipinski definition) is 1. The molecule has 0 radical (unpaired) electrons. The fourth-order valence-electron chi connectivity index (χ4n) is 5.59. The van der Waals surface area contributed by atoms with Crippen molar-refractivity contribution in [3.8, 4) is 0 Å². The first-order valence-electron chi connectivity index (χ1n) is 19.0. The average molecular weight is 611 g/mol. The smallest absolute Gasteiger partial charge is 0.305 e. The van der Waals surface area contributed by atoms with E-state index in [4.69, 9.17) is 9.47 Å². The van der Waals surface area contributed by atoms with Crippen LogP contribution < -0.4 is 0 Å². The van der Waals surface area contributed by atoms with E-state index in [0.717, 1.165) is 38.0 Å². The van der Waals surface area contributed by atoms with Crippen molar-refractivity contribution in [1.29, 1.82) is 0 Å². The van der Waals surface area contributed by atoms with E-state index in [1.165, 1.54) is 141 Å². The maximum Gasteiger partial charge on any atom is 0.305 e. The van der Waals surface area contributed by atoms with E-state index in [9.17, 15) is 14.7 Å². The summed E-state index contributed by atoms with van der Waals surface area (Å²) < 4.78 is 10.3. The van der Waals surface area contributed by atoms with Gasteiger partial charge >= 0.3 is 11.9 Å². The van der Waals surface area contributed by atoms with Crippen molar-refractivity contribution in [3.05, 3.63) is 0 Å². The molecule has 5 heteroatoms. The highest BCUT2D eigenvalue weighted by Crippen LogP contribution is 2.16.